The quantitative estimate of drug-likeness (QED) is 0.630. The van der Waals surface area contributed by atoms with E-state index in [-0.39, 0.29) is 18.8 Å². The molecule has 1 aliphatic heterocycles. The van der Waals surface area contributed by atoms with E-state index < -0.39 is 6.03 Å². The Kier molecular flexibility index (Phi) is 4.76. The number of hydrogen-bond donors (Lipinski definition) is 2. The molecule has 1 aromatic rings. The Bertz CT molecular complexity index is 410. The predicted octanol–water partition coefficient (Wildman–Crippen LogP) is 1.94. The van der Waals surface area contributed by atoms with Gasteiger partial charge in [-0.25, -0.2) is 9.86 Å². The number of primary amides is 1. The van der Waals surface area contributed by atoms with Gasteiger partial charge in [0.2, 0.25) is 0 Å². The molecule has 2 atom stereocenters. The van der Waals surface area contributed by atoms with Crippen molar-refractivity contribution in [3.05, 3.63) is 35.9 Å². The van der Waals surface area contributed by atoms with Crippen molar-refractivity contribution >= 4 is 6.03 Å². The highest BCUT2D eigenvalue weighted by Crippen LogP contribution is 2.23. The highest BCUT2D eigenvalue weighted by molar-refractivity contribution is 5.70. The van der Waals surface area contributed by atoms with Gasteiger partial charge in [0, 0.05) is 0 Å². The molecule has 0 radical (unpaired) electrons. The van der Waals surface area contributed by atoms with Crippen LogP contribution in [-0.2, 0) is 11.2 Å². The second-order valence-corrected chi connectivity index (χ2v) is 4.90. The number of benzene rings is 1. The zero-order valence-electron chi connectivity index (χ0n) is 10.9. The molecule has 5 nitrogen and oxygen atoms in total. The van der Waals surface area contributed by atoms with Gasteiger partial charge < -0.3 is 10.5 Å². The summed E-state index contributed by atoms with van der Waals surface area (Å²) >= 11 is 0. The van der Waals surface area contributed by atoms with Crippen LogP contribution in [0.25, 0.3) is 0 Å². The summed E-state index contributed by atoms with van der Waals surface area (Å²) in [6, 6.07) is 9.44. The van der Waals surface area contributed by atoms with Crippen molar-refractivity contribution in [2.75, 3.05) is 6.54 Å². The van der Waals surface area contributed by atoms with Crippen LogP contribution in [0.15, 0.2) is 30.3 Å². The van der Waals surface area contributed by atoms with Gasteiger partial charge in [-0.2, -0.15) is 0 Å². The number of amides is 2. The molecular formula is C14H20N2O3. The summed E-state index contributed by atoms with van der Waals surface area (Å²) in [5.74, 6) is 0. The van der Waals surface area contributed by atoms with Crippen molar-refractivity contribution in [1.29, 1.82) is 0 Å². The first-order valence-corrected chi connectivity index (χ1v) is 6.60. The molecule has 1 heterocycles. The minimum Gasteiger partial charge on any atom is -0.373 e. The summed E-state index contributed by atoms with van der Waals surface area (Å²) in [5, 5.41) is 9.78. The summed E-state index contributed by atoms with van der Waals surface area (Å²) < 4.78 is 5.79. The number of nitrogens with zero attached hydrogens (tertiary/aromatic N) is 1. The Morgan fingerprint density at radius 2 is 2.00 bits per heavy atom. The van der Waals surface area contributed by atoms with E-state index in [0.717, 1.165) is 25.7 Å². The van der Waals surface area contributed by atoms with E-state index in [9.17, 15) is 10.0 Å². The molecule has 0 aliphatic carbocycles. The zero-order valence-corrected chi connectivity index (χ0v) is 10.9. The number of hydroxylamine groups is 2. The fourth-order valence-electron chi connectivity index (χ4n) is 2.38. The third kappa shape index (κ3) is 4.22. The largest absolute Gasteiger partial charge is 0.373 e. The maximum Gasteiger partial charge on any atom is 0.338 e. The summed E-state index contributed by atoms with van der Waals surface area (Å²) in [6.45, 7) is 0.150. The number of carbonyl (C=O) groups is 1. The Morgan fingerprint density at radius 1 is 1.32 bits per heavy atom. The van der Waals surface area contributed by atoms with Crippen molar-refractivity contribution in [2.45, 2.75) is 37.9 Å². The number of ether oxygens (including phenoxy) is 1. The number of carbonyl (C=O) groups excluding carboxylic acids is 1. The third-order valence-electron chi connectivity index (χ3n) is 3.42. The van der Waals surface area contributed by atoms with Crippen LogP contribution in [0.2, 0.25) is 0 Å². The average Bonchev–Trinajstić information content (AvgIpc) is 2.85. The van der Waals surface area contributed by atoms with Crippen molar-refractivity contribution in [2.24, 2.45) is 5.73 Å². The summed E-state index contributed by atoms with van der Waals surface area (Å²) in [4.78, 5) is 10.7. The summed E-state index contributed by atoms with van der Waals surface area (Å²) in [7, 11) is 0. The fraction of sp³-hybridized carbons (Fsp3) is 0.500. The number of nitrogens with two attached hydrogens (primary N) is 1. The lowest BCUT2D eigenvalue weighted by Gasteiger charge is -2.18. The van der Waals surface area contributed by atoms with E-state index in [1.165, 1.54) is 5.56 Å². The molecule has 2 amide bonds. The molecule has 3 N–H and O–H groups in total. The first-order chi connectivity index (χ1) is 9.15. The molecule has 5 heteroatoms. The molecule has 104 valence electrons. The molecule has 1 fully saturated rings. The molecule has 1 aliphatic rings. The normalized spacial score (nSPS) is 22.4. The molecule has 0 aromatic heterocycles. The van der Waals surface area contributed by atoms with E-state index >= 15 is 0 Å². The fourth-order valence-corrected chi connectivity index (χ4v) is 2.38. The Hall–Kier alpha value is -1.59. The molecule has 1 aromatic carbocycles. The lowest BCUT2D eigenvalue weighted by Crippen LogP contribution is -2.38. The molecule has 19 heavy (non-hydrogen) atoms. The zero-order chi connectivity index (χ0) is 13.7. The van der Waals surface area contributed by atoms with E-state index in [4.69, 9.17) is 10.5 Å². The SMILES string of the molecule is NC(=O)N(O)CC1CCC(CCc2ccccc2)O1. The Balaban J connectivity index is 1.72. The minimum atomic E-state index is -0.837. The Morgan fingerprint density at radius 3 is 2.68 bits per heavy atom. The second-order valence-electron chi connectivity index (χ2n) is 4.90. The third-order valence-corrected chi connectivity index (χ3v) is 3.42. The van der Waals surface area contributed by atoms with Gasteiger partial charge in [0.05, 0.1) is 18.8 Å². The highest BCUT2D eigenvalue weighted by atomic mass is 16.5. The lowest BCUT2D eigenvalue weighted by molar-refractivity contribution is -0.0789. The van der Waals surface area contributed by atoms with Crippen molar-refractivity contribution in [3.63, 3.8) is 0 Å². The molecule has 0 bridgehead atoms. The standard InChI is InChI=1S/C14H20N2O3/c15-14(17)16(18)10-13-9-8-12(19-13)7-6-11-4-2-1-3-5-11/h1-5,12-13,18H,6-10H2,(H2,15,17). The maximum atomic E-state index is 10.7. The number of hydrogen-bond acceptors (Lipinski definition) is 3. The van der Waals surface area contributed by atoms with Crippen molar-refractivity contribution < 1.29 is 14.7 Å². The van der Waals surface area contributed by atoms with Gasteiger partial charge in [-0.15, -0.1) is 0 Å². The van der Waals surface area contributed by atoms with Crippen molar-refractivity contribution in [3.8, 4) is 0 Å². The van der Waals surface area contributed by atoms with Gasteiger partial charge in [-0.1, -0.05) is 30.3 Å². The van der Waals surface area contributed by atoms with Crippen LogP contribution in [0.4, 0.5) is 4.79 Å². The molecule has 1 saturated heterocycles. The van der Waals surface area contributed by atoms with Gasteiger partial charge in [0.25, 0.3) is 0 Å². The number of urea groups is 1. The van der Waals surface area contributed by atoms with Crippen LogP contribution in [0, 0.1) is 0 Å². The van der Waals surface area contributed by atoms with E-state index in [1.807, 2.05) is 18.2 Å². The van der Waals surface area contributed by atoms with E-state index in [1.54, 1.807) is 0 Å². The first-order valence-electron chi connectivity index (χ1n) is 6.60. The molecular weight excluding hydrogens is 244 g/mol. The van der Waals surface area contributed by atoms with Gasteiger partial charge in [-0.3, -0.25) is 5.21 Å². The second kappa shape index (κ2) is 6.54. The topological polar surface area (TPSA) is 75.8 Å². The van der Waals surface area contributed by atoms with E-state index in [0.29, 0.717) is 5.06 Å². The molecule has 0 spiro atoms. The van der Waals surface area contributed by atoms with Crippen LogP contribution < -0.4 is 5.73 Å². The maximum absolute atomic E-state index is 10.7. The predicted molar refractivity (Wildman–Crippen MR) is 70.7 cm³/mol. The first kappa shape index (κ1) is 13.8. The highest BCUT2D eigenvalue weighted by Gasteiger charge is 2.27. The Labute approximate surface area is 112 Å². The monoisotopic (exact) mass is 264 g/mol. The smallest absolute Gasteiger partial charge is 0.338 e. The van der Waals surface area contributed by atoms with Gasteiger partial charge in [-0.05, 0) is 31.2 Å². The van der Waals surface area contributed by atoms with Crippen LogP contribution in [0.5, 0.6) is 0 Å². The van der Waals surface area contributed by atoms with Gasteiger partial charge in [0.1, 0.15) is 0 Å². The van der Waals surface area contributed by atoms with Gasteiger partial charge in [0.15, 0.2) is 0 Å². The summed E-state index contributed by atoms with van der Waals surface area (Å²) in [6.07, 6.45) is 3.84. The molecule has 2 rings (SSSR count). The van der Waals surface area contributed by atoms with Crippen LogP contribution in [0.1, 0.15) is 24.8 Å². The van der Waals surface area contributed by atoms with Crippen LogP contribution >= 0.6 is 0 Å². The minimum absolute atomic E-state index is 0.113. The molecule has 0 saturated carbocycles. The number of rotatable bonds is 5. The number of aryl methyl sites for hydroxylation is 1. The molecule has 2 unspecified atom stereocenters. The van der Waals surface area contributed by atoms with Gasteiger partial charge >= 0.3 is 6.03 Å². The summed E-state index contributed by atoms with van der Waals surface area (Å²) in [5.41, 5.74) is 6.27. The lowest BCUT2D eigenvalue weighted by atomic mass is 10.0. The van der Waals surface area contributed by atoms with Crippen LogP contribution in [-0.4, -0.2) is 35.1 Å². The average molecular weight is 264 g/mol. The van der Waals surface area contributed by atoms with E-state index in [2.05, 4.69) is 12.1 Å². The van der Waals surface area contributed by atoms with Crippen molar-refractivity contribution in [1.82, 2.24) is 5.06 Å². The van der Waals surface area contributed by atoms with Crippen LogP contribution in [0.3, 0.4) is 0 Å².